The first-order valence-corrected chi connectivity index (χ1v) is 9.53. The minimum absolute atomic E-state index is 0.169. The van der Waals surface area contributed by atoms with Gasteiger partial charge in [-0.05, 0) is 62.6 Å². The Balaban J connectivity index is 2.23. The summed E-state index contributed by atoms with van der Waals surface area (Å²) in [4.78, 5) is 0.189. The van der Waals surface area contributed by atoms with Gasteiger partial charge in [-0.2, -0.15) is 0 Å². The molecule has 2 aromatic rings. The number of aromatic nitrogens is 2. The average Bonchev–Trinajstić information content (AvgIpc) is 2.57. The third kappa shape index (κ3) is 4.60. The fraction of sp³-hybridized carbons (Fsp3) is 0.412. The molecule has 1 atom stereocenters. The van der Waals surface area contributed by atoms with Crippen LogP contribution >= 0.6 is 0 Å². The molecule has 8 heteroatoms. The van der Waals surface area contributed by atoms with Crippen molar-refractivity contribution in [3.63, 3.8) is 0 Å². The van der Waals surface area contributed by atoms with Gasteiger partial charge in [-0.1, -0.05) is 6.92 Å². The molecule has 0 radical (unpaired) electrons. The van der Waals surface area contributed by atoms with Gasteiger partial charge in [-0.25, -0.2) is 8.42 Å². The lowest BCUT2D eigenvalue weighted by atomic mass is 10.1. The van der Waals surface area contributed by atoms with Gasteiger partial charge in [-0.3, -0.25) is 4.72 Å². The number of anilines is 2. The molecule has 0 saturated carbocycles. The van der Waals surface area contributed by atoms with Gasteiger partial charge in [0.15, 0.2) is 5.82 Å². The molecule has 1 aromatic heterocycles. The summed E-state index contributed by atoms with van der Waals surface area (Å²) in [5.74, 6) is 1.42. The van der Waals surface area contributed by atoms with Gasteiger partial charge < -0.3 is 10.1 Å². The topological polar surface area (TPSA) is 93.2 Å². The van der Waals surface area contributed by atoms with Crippen LogP contribution in [0.2, 0.25) is 0 Å². The Morgan fingerprint density at radius 2 is 1.76 bits per heavy atom. The quantitative estimate of drug-likeness (QED) is 0.784. The molecule has 2 rings (SSSR count). The summed E-state index contributed by atoms with van der Waals surface area (Å²) in [6, 6.07) is 6.84. The molecular formula is C17H24N4O3S. The Morgan fingerprint density at radius 1 is 1.12 bits per heavy atom. The predicted molar refractivity (Wildman–Crippen MR) is 98.7 cm³/mol. The number of hydrogen-bond acceptors (Lipinski definition) is 6. The Bertz CT molecular complexity index is 836. The molecule has 25 heavy (non-hydrogen) atoms. The van der Waals surface area contributed by atoms with Crippen molar-refractivity contribution in [2.45, 2.75) is 45.1 Å². The van der Waals surface area contributed by atoms with Gasteiger partial charge in [0.25, 0.3) is 10.0 Å². The molecule has 136 valence electrons. The van der Waals surface area contributed by atoms with Crippen molar-refractivity contribution in [2.24, 2.45) is 0 Å². The van der Waals surface area contributed by atoms with Crippen LogP contribution in [-0.2, 0) is 10.0 Å². The number of hydrogen-bond donors (Lipinski definition) is 2. The predicted octanol–water partition coefficient (Wildman–Crippen LogP) is 3.11. The van der Waals surface area contributed by atoms with E-state index in [2.05, 4.69) is 27.2 Å². The first-order chi connectivity index (χ1) is 11.8. The van der Waals surface area contributed by atoms with Gasteiger partial charge in [0.2, 0.25) is 0 Å². The molecule has 0 aliphatic rings. The van der Waals surface area contributed by atoms with E-state index < -0.39 is 10.0 Å². The summed E-state index contributed by atoms with van der Waals surface area (Å²) in [7, 11) is -2.21. The zero-order valence-electron chi connectivity index (χ0n) is 15.1. The summed E-state index contributed by atoms with van der Waals surface area (Å²) in [6.07, 6.45) is 0.951. The second-order valence-corrected chi connectivity index (χ2v) is 7.60. The molecule has 0 bridgehead atoms. The van der Waals surface area contributed by atoms with E-state index in [1.807, 2.05) is 6.92 Å². The molecule has 0 amide bonds. The molecule has 0 spiro atoms. The largest absolute Gasteiger partial charge is 0.496 e. The van der Waals surface area contributed by atoms with Gasteiger partial charge in [-0.15, -0.1) is 10.2 Å². The Hall–Kier alpha value is -2.35. The molecule has 1 aromatic carbocycles. The monoisotopic (exact) mass is 364 g/mol. The number of sulfonamides is 1. The molecule has 0 aliphatic heterocycles. The highest BCUT2D eigenvalue weighted by atomic mass is 32.2. The van der Waals surface area contributed by atoms with Gasteiger partial charge in [0, 0.05) is 6.04 Å². The smallest absolute Gasteiger partial charge is 0.263 e. The van der Waals surface area contributed by atoms with Crippen LogP contribution < -0.4 is 14.8 Å². The lowest BCUT2D eigenvalue weighted by Crippen LogP contribution is -2.17. The molecule has 0 aliphatic carbocycles. The fourth-order valence-corrected chi connectivity index (χ4v) is 3.59. The summed E-state index contributed by atoms with van der Waals surface area (Å²) >= 11 is 0. The van der Waals surface area contributed by atoms with Crippen LogP contribution in [-0.4, -0.2) is 31.8 Å². The molecule has 0 saturated heterocycles. The van der Waals surface area contributed by atoms with Crippen LogP contribution in [0.25, 0.3) is 0 Å². The molecule has 1 heterocycles. The van der Waals surface area contributed by atoms with E-state index in [0.29, 0.717) is 17.1 Å². The van der Waals surface area contributed by atoms with Crippen molar-refractivity contribution < 1.29 is 13.2 Å². The van der Waals surface area contributed by atoms with Crippen molar-refractivity contribution in [2.75, 3.05) is 17.1 Å². The normalized spacial score (nSPS) is 12.5. The van der Waals surface area contributed by atoms with Crippen LogP contribution in [0.1, 0.15) is 31.4 Å². The van der Waals surface area contributed by atoms with E-state index in [9.17, 15) is 8.42 Å². The fourth-order valence-electron chi connectivity index (χ4n) is 2.28. The van der Waals surface area contributed by atoms with Crippen molar-refractivity contribution in [3.05, 3.63) is 35.4 Å². The highest BCUT2D eigenvalue weighted by Crippen LogP contribution is 2.26. The van der Waals surface area contributed by atoms with E-state index in [-0.39, 0.29) is 16.8 Å². The van der Waals surface area contributed by atoms with Crippen LogP contribution in [0.4, 0.5) is 11.6 Å². The van der Waals surface area contributed by atoms with Crippen LogP contribution in [0.3, 0.4) is 0 Å². The number of aryl methyl sites for hydroxylation is 2. The Morgan fingerprint density at radius 3 is 2.32 bits per heavy atom. The minimum Gasteiger partial charge on any atom is -0.496 e. The maximum Gasteiger partial charge on any atom is 0.263 e. The SMILES string of the molecule is CCC(C)Nc1ccc(NS(=O)(=O)c2cc(C)c(OC)cc2C)nn1. The second-order valence-electron chi connectivity index (χ2n) is 5.95. The molecule has 0 fully saturated rings. The van der Waals surface area contributed by atoms with Gasteiger partial charge in [0.05, 0.1) is 12.0 Å². The number of nitrogens with one attached hydrogen (secondary N) is 2. The van der Waals surface area contributed by atoms with Crippen molar-refractivity contribution in [3.8, 4) is 5.75 Å². The zero-order valence-corrected chi connectivity index (χ0v) is 15.9. The lowest BCUT2D eigenvalue weighted by Gasteiger charge is -2.14. The maximum atomic E-state index is 12.6. The molecular weight excluding hydrogens is 340 g/mol. The summed E-state index contributed by atoms with van der Waals surface area (Å²) in [5.41, 5.74) is 1.34. The van der Waals surface area contributed by atoms with Crippen LogP contribution in [0.15, 0.2) is 29.2 Å². The van der Waals surface area contributed by atoms with E-state index in [4.69, 9.17) is 4.74 Å². The number of rotatable bonds is 7. The van der Waals surface area contributed by atoms with E-state index in [1.54, 1.807) is 45.2 Å². The first kappa shape index (κ1) is 19.0. The third-order valence-corrected chi connectivity index (χ3v) is 5.39. The second kappa shape index (κ2) is 7.69. The zero-order chi connectivity index (χ0) is 18.6. The van der Waals surface area contributed by atoms with E-state index in [1.165, 1.54) is 0 Å². The van der Waals surface area contributed by atoms with E-state index in [0.717, 1.165) is 12.0 Å². The Labute approximate surface area is 148 Å². The number of methoxy groups -OCH3 is 1. The molecule has 1 unspecified atom stereocenters. The Kier molecular flexibility index (Phi) is 5.84. The minimum atomic E-state index is -3.76. The number of nitrogens with zero attached hydrogens (tertiary/aromatic N) is 2. The van der Waals surface area contributed by atoms with Crippen molar-refractivity contribution >= 4 is 21.7 Å². The van der Waals surface area contributed by atoms with Gasteiger partial charge in [0.1, 0.15) is 11.6 Å². The highest BCUT2D eigenvalue weighted by molar-refractivity contribution is 7.92. The average molecular weight is 364 g/mol. The van der Waals surface area contributed by atoms with Crippen LogP contribution in [0, 0.1) is 13.8 Å². The highest BCUT2D eigenvalue weighted by Gasteiger charge is 2.19. The standard InChI is InChI=1S/C17H24N4O3S/c1-6-13(4)18-16-7-8-17(20-19-16)21-25(22,23)15-10-11(2)14(24-5)9-12(15)3/h7-10,13H,6H2,1-5H3,(H,18,19)(H,20,21). The summed E-state index contributed by atoms with van der Waals surface area (Å²) in [6.45, 7) is 7.62. The third-order valence-electron chi connectivity index (χ3n) is 3.89. The maximum absolute atomic E-state index is 12.6. The summed E-state index contributed by atoms with van der Waals surface area (Å²) in [5, 5.41) is 11.1. The van der Waals surface area contributed by atoms with Crippen LogP contribution in [0.5, 0.6) is 5.75 Å². The number of ether oxygens (including phenoxy) is 1. The molecule has 2 N–H and O–H groups in total. The first-order valence-electron chi connectivity index (χ1n) is 8.05. The molecule has 7 nitrogen and oxygen atoms in total. The lowest BCUT2D eigenvalue weighted by molar-refractivity contribution is 0.411. The van der Waals surface area contributed by atoms with Crippen molar-refractivity contribution in [1.29, 1.82) is 0 Å². The van der Waals surface area contributed by atoms with E-state index >= 15 is 0 Å². The van der Waals surface area contributed by atoms with Gasteiger partial charge >= 0.3 is 0 Å². The summed E-state index contributed by atoms with van der Waals surface area (Å²) < 4.78 is 33.0. The van der Waals surface area contributed by atoms with Crippen molar-refractivity contribution in [1.82, 2.24) is 10.2 Å². The number of benzene rings is 1.